The summed E-state index contributed by atoms with van der Waals surface area (Å²) >= 11 is 2.07. The van der Waals surface area contributed by atoms with Gasteiger partial charge < -0.3 is 49.8 Å². The second-order valence-electron chi connectivity index (χ2n) is 30.0. The molecule has 25 heteroatoms. The fourth-order valence-corrected chi connectivity index (χ4v) is 11.5. The maximum atomic E-state index is 5.21. The van der Waals surface area contributed by atoms with Crippen LogP contribution in [0.15, 0.2) is 122 Å². The van der Waals surface area contributed by atoms with Gasteiger partial charge in [-0.05, 0) is 218 Å². The predicted octanol–water partition coefficient (Wildman–Crippen LogP) is 14.2. The van der Waals surface area contributed by atoms with E-state index in [9.17, 15) is 0 Å². The first kappa shape index (κ1) is 96.2. The van der Waals surface area contributed by atoms with Crippen LogP contribution < -0.4 is 16.0 Å². The molecule has 0 aromatic carbocycles. The predicted molar refractivity (Wildman–Crippen MR) is 442 cm³/mol. The fourth-order valence-electron chi connectivity index (χ4n) is 10.5. The van der Waals surface area contributed by atoms with Crippen LogP contribution in [-0.2, 0) is 4.74 Å². The highest BCUT2D eigenvalue weighted by molar-refractivity contribution is 7.99. The second-order valence-corrected chi connectivity index (χ2v) is 31.3. The molecular weight excluding hydrogens is 1320 g/mol. The van der Waals surface area contributed by atoms with Crippen LogP contribution in [0.1, 0.15) is 223 Å². The molecule has 0 aliphatic carbocycles. The summed E-state index contributed by atoms with van der Waals surface area (Å²) in [4.78, 5) is 20.7. The number of allylic oxidation sites excluding steroid dienone is 3. The Bertz CT molecular complexity index is 2300. The van der Waals surface area contributed by atoms with Crippen molar-refractivity contribution in [3.63, 3.8) is 0 Å². The number of aromatic nitrogens is 9. The molecule has 3 aromatic heterocycles. The van der Waals surface area contributed by atoms with Gasteiger partial charge in [-0.25, -0.2) is 0 Å². The summed E-state index contributed by atoms with van der Waals surface area (Å²) in [5.74, 6) is 2.66. The van der Waals surface area contributed by atoms with Crippen LogP contribution >= 0.6 is 11.8 Å². The van der Waals surface area contributed by atoms with Gasteiger partial charge in [0.15, 0.2) is 0 Å². The molecule has 0 atom stereocenters. The molecule has 24 nitrogen and oxygen atoms in total. The van der Waals surface area contributed by atoms with Gasteiger partial charge in [-0.3, -0.25) is 24.4 Å². The van der Waals surface area contributed by atoms with E-state index >= 15 is 0 Å². The van der Waals surface area contributed by atoms with Crippen LogP contribution in [0.25, 0.3) is 0 Å². The maximum Gasteiger partial charge on any atom is 0.119 e. The molecule has 598 valence electrons. The Morgan fingerprint density at radius 1 is 0.404 bits per heavy atom. The number of rotatable bonds is 12. The van der Waals surface area contributed by atoms with E-state index in [1.54, 1.807) is 40.7 Å². The average Bonchev–Trinajstić information content (AvgIpc) is 1.85. The van der Waals surface area contributed by atoms with Gasteiger partial charge in [0.25, 0.3) is 0 Å². The van der Waals surface area contributed by atoms with E-state index in [1.165, 1.54) is 89.4 Å². The number of piperazine rings is 1. The monoisotopic (exact) mass is 1470 g/mol. The van der Waals surface area contributed by atoms with Crippen molar-refractivity contribution in [1.29, 1.82) is 0 Å². The van der Waals surface area contributed by atoms with E-state index in [0.29, 0.717) is 54.4 Å². The van der Waals surface area contributed by atoms with Crippen LogP contribution in [0.3, 0.4) is 0 Å². The van der Waals surface area contributed by atoms with Gasteiger partial charge in [0.05, 0.1) is 50.9 Å². The summed E-state index contributed by atoms with van der Waals surface area (Å²) in [6.45, 7) is 71.6. The van der Waals surface area contributed by atoms with Crippen molar-refractivity contribution in [2.24, 2.45) is 10.3 Å². The maximum absolute atomic E-state index is 5.21. The molecule has 9 aliphatic heterocycles. The molecule has 104 heavy (non-hydrogen) atoms. The normalized spacial score (nSPS) is 18.0. The van der Waals surface area contributed by atoms with Gasteiger partial charge in [-0.2, -0.15) is 31.9 Å². The Hall–Kier alpha value is -5.83. The van der Waals surface area contributed by atoms with Crippen LogP contribution in [0.2, 0.25) is 0 Å². The molecule has 0 amide bonds. The van der Waals surface area contributed by atoms with Crippen molar-refractivity contribution >= 4 is 11.8 Å². The molecule has 3 N–H and O–H groups in total. The van der Waals surface area contributed by atoms with Crippen molar-refractivity contribution in [1.82, 2.24) is 105 Å². The lowest BCUT2D eigenvalue weighted by atomic mass is 10.1. The van der Waals surface area contributed by atoms with E-state index in [-0.39, 0.29) is 0 Å². The molecule has 0 bridgehead atoms. The number of hydrogen-bond acceptors (Lipinski definition) is 22. The largest absolute Gasteiger partial charge is 0.388 e. The van der Waals surface area contributed by atoms with Crippen molar-refractivity contribution < 1.29 is 4.74 Å². The molecule has 0 radical (unpaired) electrons. The van der Waals surface area contributed by atoms with Gasteiger partial charge in [-0.15, -0.1) is 15.3 Å². The van der Waals surface area contributed by atoms with E-state index in [4.69, 9.17) is 4.74 Å². The third-order valence-electron chi connectivity index (χ3n) is 17.7. The molecule has 3 aromatic rings. The first-order valence-corrected chi connectivity index (χ1v) is 40.9. The van der Waals surface area contributed by atoms with Gasteiger partial charge in [-0.1, -0.05) is 35.1 Å². The number of ether oxygens (including phenoxy) is 1. The van der Waals surface area contributed by atoms with Crippen molar-refractivity contribution in [2.75, 3.05) is 123 Å². The van der Waals surface area contributed by atoms with Gasteiger partial charge in [0, 0.05) is 206 Å². The Morgan fingerprint density at radius 2 is 0.923 bits per heavy atom. The van der Waals surface area contributed by atoms with E-state index < -0.39 is 0 Å². The lowest BCUT2D eigenvalue weighted by molar-refractivity contribution is 0.0238. The summed E-state index contributed by atoms with van der Waals surface area (Å²) in [5.41, 5.74) is 0. The minimum atomic E-state index is 0.380. The smallest absolute Gasteiger partial charge is 0.119 e. The number of piperidine rings is 1. The minimum absolute atomic E-state index is 0.380. The molecule has 0 unspecified atom stereocenters. The highest BCUT2D eigenvalue weighted by atomic mass is 32.2. The zero-order valence-electron chi connectivity index (χ0n) is 70.3. The fraction of sp³-hybridized carbons (Fsp3) is 0.772. The number of nitrogens with zero attached hydrogens (tertiary/aromatic N) is 20. The number of hydrogen-bond donors (Lipinski definition) is 3. The number of morpholine rings is 1. The molecule has 0 spiro atoms. The zero-order valence-corrected chi connectivity index (χ0v) is 71.1. The quantitative estimate of drug-likeness (QED) is 0.155. The highest BCUT2D eigenvalue weighted by Crippen LogP contribution is 2.14. The summed E-state index contributed by atoms with van der Waals surface area (Å²) in [6, 6.07) is 7.22. The third kappa shape index (κ3) is 48.4. The van der Waals surface area contributed by atoms with Crippen LogP contribution in [0.5, 0.6) is 0 Å². The first-order chi connectivity index (χ1) is 49.7. The average molecular weight is 1480 g/mol. The number of thioether (sulfide) groups is 1. The van der Waals surface area contributed by atoms with Crippen LogP contribution in [0, 0.1) is 0 Å². The Balaban J connectivity index is 0.000000567. The molecule has 4 saturated heterocycles. The molecular formula is C79H155N23OS. The molecule has 0 saturated carbocycles. The number of nitrogens with one attached hydrogen (secondary N) is 3. The number of likely N-dealkylation sites (tertiary alicyclic amines) is 1. The molecule has 9 aliphatic rings. The van der Waals surface area contributed by atoms with Gasteiger partial charge in [0.1, 0.15) is 12.7 Å². The second kappa shape index (κ2) is 60.2. The van der Waals surface area contributed by atoms with Crippen LogP contribution in [-0.4, -0.2) is 266 Å². The van der Waals surface area contributed by atoms with Crippen molar-refractivity contribution in [2.45, 2.75) is 277 Å². The van der Waals surface area contributed by atoms with Gasteiger partial charge in [0.2, 0.25) is 0 Å². The molecule has 12 rings (SSSR count). The zero-order chi connectivity index (χ0) is 77.5. The van der Waals surface area contributed by atoms with E-state index in [2.05, 4.69) is 303 Å². The van der Waals surface area contributed by atoms with Crippen molar-refractivity contribution in [3.8, 4) is 0 Å². The lowest BCUT2D eigenvalue weighted by Gasteiger charge is -2.30. The van der Waals surface area contributed by atoms with Gasteiger partial charge >= 0.3 is 0 Å². The van der Waals surface area contributed by atoms with Crippen molar-refractivity contribution in [3.05, 3.63) is 111 Å². The standard InChI is InChI=1S/C8H17N.C8H15N.C8H13N.C7H16N2.C7H14N2.C7H12N2.C7H15NO.C7H15NS.C5H9N3.C5H11N3.2C5H9N3/c3*1-8(2)9-6-4-3-5-7-9;3*1-7(2)9-5-3-8-4-6-9;2*1-7(2)8-3-5-9-6-4-8;1-5(2)8-3-6-7-4-8;2*1-5(2)8-4-3-6-7-8;1-5(2)8-6-3-4-7-8/h8H,3-7H2,1-2H3;4,6,8H,3,5,7H2,1-2H3;4-8H,3H2,1-2H3;7-8H,3-6H2,1-2H3;3,5,7-8H,4,6H2,1-2H3;3-8H,1-2H3;2*7H,3-6H2,1-2H3;3-5H,1-2H3;5H,3-4H2,1-2H3;2*3-5H,1-2H3. The summed E-state index contributed by atoms with van der Waals surface area (Å²) in [5, 5.41) is 41.8. The molecule has 12 heterocycles. The topological polar surface area (TPSA) is 191 Å². The molecule has 4 fully saturated rings. The van der Waals surface area contributed by atoms with E-state index in [0.717, 1.165) is 90.1 Å². The third-order valence-corrected chi connectivity index (χ3v) is 18.6. The lowest BCUT2D eigenvalue weighted by Crippen LogP contribution is -2.46. The summed E-state index contributed by atoms with van der Waals surface area (Å²) in [6.07, 6.45) is 43.3. The first-order valence-electron chi connectivity index (χ1n) is 39.7. The summed E-state index contributed by atoms with van der Waals surface area (Å²) in [7, 11) is 0. The van der Waals surface area contributed by atoms with Crippen LogP contribution in [0.4, 0.5) is 0 Å². The SMILES string of the molecule is CC(C)N1C=CCC=C1.CC(C)N1C=CCCC1.CC(C)N1C=CNC=C1.CC(C)N1C=CNCC1.CC(C)N1CCCCC1.CC(C)N1CCN=N1.CC(C)N1CCNCC1.CC(C)N1CCOCC1.CC(C)N1CCSCC1.CC(C)n1ccnn1.CC(C)n1cnnc1.CC(C)n1nccn1. The Kier molecular flexibility index (Phi) is 55.7. The Labute approximate surface area is 640 Å². The summed E-state index contributed by atoms with van der Waals surface area (Å²) < 4.78 is 8.96. The van der Waals surface area contributed by atoms with E-state index in [1.807, 2.05) is 60.6 Å². The highest BCUT2D eigenvalue weighted by Gasteiger charge is 2.16. The minimum Gasteiger partial charge on any atom is -0.388 e. The Morgan fingerprint density at radius 3 is 1.23 bits per heavy atom.